The maximum Gasteiger partial charge on any atom is 0.348 e. The number of nitrogens with one attached hydrogen (secondary N) is 1. The van der Waals surface area contributed by atoms with Crippen molar-refractivity contribution in [3.8, 4) is 22.8 Å². The molecular weight excluding hydrogens is 436 g/mol. The number of nitrogens with zero attached hydrogens (tertiary/aromatic N) is 3. The zero-order chi connectivity index (χ0) is 23.2. The van der Waals surface area contributed by atoms with Gasteiger partial charge in [0.25, 0.3) is 0 Å². The molecule has 4 aromatic rings. The Hall–Kier alpha value is -3.77. The van der Waals surface area contributed by atoms with Gasteiger partial charge in [-0.1, -0.05) is 66.2 Å². The molecule has 0 saturated heterocycles. The molecule has 1 aromatic heterocycles. The molecule has 5 rings (SSSR count). The summed E-state index contributed by atoms with van der Waals surface area (Å²) in [6.45, 7) is 4.26. The topological polar surface area (TPSA) is 79.0 Å². The van der Waals surface area contributed by atoms with E-state index in [0.717, 1.165) is 22.4 Å². The van der Waals surface area contributed by atoms with Crippen molar-refractivity contribution in [2.24, 2.45) is 0 Å². The lowest BCUT2D eigenvalue weighted by molar-refractivity contribution is -0.122. The Bertz CT molecular complexity index is 1430. The third-order valence-corrected chi connectivity index (χ3v) is 6.29. The standard InChI is InChI=1S/C26H21ClN4O2/c1-26(2)19-10-6-7-11-21(19)31(24(26)32)15-16-12-13-20(27)18(14-16)23-28-22(29-25(33)30-23)17-8-4-3-5-9-17/h3-14H,15H2,1-2H3,(H,28,29,30,33). The second kappa shape index (κ2) is 7.98. The number of para-hydroxylation sites is 1. The van der Waals surface area contributed by atoms with Crippen LogP contribution in [0.1, 0.15) is 25.0 Å². The molecule has 1 aliphatic heterocycles. The number of aromatic nitrogens is 3. The van der Waals surface area contributed by atoms with Crippen LogP contribution >= 0.6 is 11.6 Å². The molecule has 1 amide bonds. The fraction of sp³-hybridized carbons (Fsp3) is 0.154. The molecule has 33 heavy (non-hydrogen) atoms. The number of rotatable bonds is 4. The van der Waals surface area contributed by atoms with Crippen LogP contribution in [0.15, 0.2) is 77.6 Å². The van der Waals surface area contributed by atoms with Crippen LogP contribution in [0.3, 0.4) is 0 Å². The third kappa shape index (κ3) is 3.72. The number of hydrogen-bond donors (Lipinski definition) is 1. The molecule has 0 aliphatic carbocycles. The normalized spacial score (nSPS) is 14.4. The highest BCUT2D eigenvalue weighted by atomic mass is 35.5. The Balaban J connectivity index is 1.54. The average molecular weight is 457 g/mol. The van der Waals surface area contributed by atoms with Crippen LogP contribution < -0.4 is 10.6 Å². The summed E-state index contributed by atoms with van der Waals surface area (Å²) in [6.07, 6.45) is 0. The maximum atomic E-state index is 13.2. The number of hydrogen-bond acceptors (Lipinski definition) is 4. The Morgan fingerprint density at radius 2 is 1.67 bits per heavy atom. The summed E-state index contributed by atoms with van der Waals surface area (Å²) in [7, 11) is 0. The van der Waals surface area contributed by atoms with E-state index < -0.39 is 11.1 Å². The minimum atomic E-state index is -0.589. The first kappa shape index (κ1) is 21.1. The van der Waals surface area contributed by atoms with E-state index in [9.17, 15) is 9.59 Å². The molecule has 7 heteroatoms. The molecule has 0 bridgehead atoms. The molecule has 1 aliphatic rings. The van der Waals surface area contributed by atoms with Gasteiger partial charge in [-0.15, -0.1) is 0 Å². The molecule has 0 radical (unpaired) electrons. The predicted molar refractivity (Wildman–Crippen MR) is 129 cm³/mol. The van der Waals surface area contributed by atoms with E-state index in [1.165, 1.54) is 0 Å². The summed E-state index contributed by atoms with van der Waals surface area (Å²) in [5.41, 5.74) is 3.00. The fourth-order valence-corrected chi connectivity index (χ4v) is 4.43. The summed E-state index contributed by atoms with van der Waals surface area (Å²) in [6, 6.07) is 22.6. The number of halogens is 1. The van der Waals surface area contributed by atoms with Crippen LogP contribution in [0.2, 0.25) is 5.02 Å². The summed E-state index contributed by atoms with van der Waals surface area (Å²) in [5, 5.41) is 0.445. The van der Waals surface area contributed by atoms with Crippen molar-refractivity contribution < 1.29 is 4.79 Å². The number of carbonyl (C=O) groups excluding carboxylic acids is 1. The van der Waals surface area contributed by atoms with Crippen molar-refractivity contribution in [3.05, 3.63) is 99.4 Å². The van der Waals surface area contributed by atoms with Gasteiger partial charge in [0.1, 0.15) is 5.82 Å². The van der Waals surface area contributed by atoms with E-state index in [1.54, 1.807) is 11.0 Å². The van der Waals surface area contributed by atoms with Gasteiger partial charge in [0.05, 0.1) is 17.0 Å². The van der Waals surface area contributed by atoms with E-state index in [-0.39, 0.29) is 5.91 Å². The van der Waals surface area contributed by atoms with Gasteiger partial charge in [-0.25, -0.2) is 9.78 Å². The Labute approximate surface area is 195 Å². The van der Waals surface area contributed by atoms with E-state index >= 15 is 0 Å². The van der Waals surface area contributed by atoms with Crippen molar-refractivity contribution in [2.45, 2.75) is 25.8 Å². The minimum Gasteiger partial charge on any atom is -0.307 e. The highest BCUT2D eigenvalue weighted by Crippen LogP contribution is 2.42. The SMILES string of the molecule is CC1(C)C(=O)N(Cc2ccc(Cl)c(-c3nc(-c4ccccc4)nc(=O)[nH]3)c2)c2ccccc21. The summed E-state index contributed by atoms with van der Waals surface area (Å²) in [4.78, 5) is 38.5. The smallest absolute Gasteiger partial charge is 0.307 e. The maximum absolute atomic E-state index is 13.2. The van der Waals surface area contributed by atoms with Crippen LogP contribution in [-0.2, 0) is 16.8 Å². The van der Waals surface area contributed by atoms with Gasteiger partial charge < -0.3 is 4.90 Å². The second-order valence-electron chi connectivity index (χ2n) is 8.54. The molecule has 164 valence electrons. The second-order valence-corrected chi connectivity index (χ2v) is 8.95. The van der Waals surface area contributed by atoms with Crippen molar-refractivity contribution in [2.75, 3.05) is 4.90 Å². The molecular formula is C26H21ClN4O2. The molecule has 1 N–H and O–H groups in total. The van der Waals surface area contributed by atoms with E-state index in [1.807, 2.05) is 80.6 Å². The van der Waals surface area contributed by atoms with Crippen molar-refractivity contribution >= 4 is 23.2 Å². The van der Waals surface area contributed by atoms with Crippen molar-refractivity contribution in [1.29, 1.82) is 0 Å². The molecule has 0 unspecified atom stereocenters. The molecule has 0 fully saturated rings. The number of aromatic amines is 1. The van der Waals surface area contributed by atoms with Gasteiger partial charge in [0.2, 0.25) is 5.91 Å². The Morgan fingerprint density at radius 3 is 2.45 bits per heavy atom. The first-order valence-electron chi connectivity index (χ1n) is 10.6. The molecule has 0 spiro atoms. The average Bonchev–Trinajstić information content (AvgIpc) is 3.01. The largest absolute Gasteiger partial charge is 0.348 e. The lowest BCUT2D eigenvalue weighted by Gasteiger charge is -2.21. The Morgan fingerprint density at radius 1 is 0.939 bits per heavy atom. The lowest BCUT2D eigenvalue weighted by Crippen LogP contribution is -2.35. The summed E-state index contributed by atoms with van der Waals surface area (Å²) < 4.78 is 0. The van der Waals surface area contributed by atoms with Gasteiger partial charge in [-0.05, 0) is 43.2 Å². The van der Waals surface area contributed by atoms with Gasteiger partial charge in [-0.2, -0.15) is 4.98 Å². The molecule has 0 atom stereocenters. The number of amides is 1. The van der Waals surface area contributed by atoms with Gasteiger partial charge in [0, 0.05) is 16.8 Å². The highest BCUT2D eigenvalue weighted by Gasteiger charge is 2.43. The Kier molecular flexibility index (Phi) is 5.10. The third-order valence-electron chi connectivity index (χ3n) is 5.96. The number of carbonyl (C=O) groups is 1. The van der Waals surface area contributed by atoms with Crippen molar-refractivity contribution in [1.82, 2.24) is 15.0 Å². The monoisotopic (exact) mass is 456 g/mol. The summed E-state index contributed by atoms with van der Waals surface area (Å²) in [5.74, 6) is 0.692. The van der Waals surface area contributed by atoms with Crippen LogP contribution in [0.4, 0.5) is 5.69 Å². The van der Waals surface area contributed by atoms with E-state index in [4.69, 9.17) is 11.6 Å². The molecule has 6 nitrogen and oxygen atoms in total. The van der Waals surface area contributed by atoms with Gasteiger partial charge in [0.15, 0.2) is 5.82 Å². The van der Waals surface area contributed by atoms with Crippen molar-refractivity contribution in [3.63, 3.8) is 0 Å². The van der Waals surface area contributed by atoms with Gasteiger partial charge in [-0.3, -0.25) is 9.78 Å². The first-order chi connectivity index (χ1) is 15.8. The fourth-order valence-electron chi connectivity index (χ4n) is 4.22. The zero-order valence-corrected chi connectivity index (χ0v) is 18.9. The molecule has 0 saturated carbocycles. The first-order valence-corrected chi connectivity index (χ1v) is 11.0. The quantitative estimate of drug-likeness (QED) is 0.470. The van der Waals surface area contributed by atoms with Crippen LogP contribution in [0.5, 0.6) is 0 Å². The number of fused-ring (bicyclic) bond motifs is 1. The number of anilines is 1. The van der Waals surface area contributed by atoms with Gasteiger partial charge >= 0.3 is 5.69 Å². The highest BCUT2D eigenvalue weighted by molar-refractivity contribution is 6.33. The molecule has 2 heterocycles. The number of benzene rings is 3. The predicted octanol–water partition coefficient (Wildman–Crippen LogP) is 4.98. The summed E-state index contributed by atoms with van der Waals surface area (Å²) >= 11 is 6.49. The van der Waals surface area contributed by atoms with E-state index in [0.29, 0.717) is 28.8 Å². The molecule has 3 aromatic carbocycles. The van der Waals surface area contributed by atoms with Crippen LogP contribution in [0.25, 0.3) is 22.8 Å². The minimum absolute atomic E-state index is 0.0435. The van der Waals surface area contributed by atoms with E-state index in [2.05, 4.69) is 15.0 Å². The van der Waals surface area contributed by atoms with Crippen LogP contribution in [0, 0.1) is 0 Å². The number of H-pyrrole nitrogens is 1. The lowest BCUT2D eigenvalue weighted by atomic mass is 9.86. The zero-order valence-electron chi connectivity index (χ0n) is 18.2. The van der Waals surface area contributed by atoms with Crippen LogP contribution in [-0.4, -0.2) is 20.9 Å².